The lowest BCUT2D eigenvalue weighted by molar-refractivity contribution is 1.80. The Hall–Kier alpha value is -1.86. The molecule has 0 N–H and O–H groups in total. The van der Waals surface area contributed by atoms with Crippen LogP contribution in [0, 0.1) is 0 Å². The van der Waals surface area contributed by atoms with E-state index in [2.05, 4.69) is 72.1 Å². The Morgan fingerprint density at radius 1 is 0.765 bits per heavy atom. The molecule has 0 radical (unpaired) electrons. The summed E-state index contributed by atoms with van der Waals surface area (Å²) in [5.74, 6) is 0. The molecule has 82 valence electrons. The highest BCUT2D eigenvalue weighted by atomic mass is 32.1. The Kier molecular flexibility index (Phi) is 2.76. The first-order valence-electron chi connectivity index (χ1n) is 5.63. The van der Waals surface area contributed by atoms with Gasteiger partial charge in [0.05, 0.1) is 0 Å². The van der Waals surface area contributed by atoms with Gasteiger partial charge in [-0.15, -0.1) is 11.3 Å². The molecular formula is C16H12S. The average molecular weight is 236 g/mol. The molecule has 0 amide bonds. The summed E-state index contributed by atoms with van der Waals surface area (Å²) in [6, 6.07) is 19.1. The number of rotatable bonds is 2. The van der Waals surface area contributed by atoms with E-state index in [9.17, 15) is 0 Å². The summed E-state index contributed by atoms with van der Waals surface area (Å²) in [5.41, 5.74) is 3.88. The fraction of sp³-hybridized carbons (Fsp3) is 0. The normalized spacial score (nSPS) is 11.3. The van der Waals surface area contributed by atoms with E-state index >= 15 is 0 Å². The van der Waals surface area contributed by atoms with Gasteiger partial charge in [0.2, 0.25) is 0 Å². The molecule has 3 rings (SSSR count). The third kappa shape index (κ3) is 2.15. The lowest BCUT2D eigenvalue weighted by Gasteiger charge is -1.94. The van der Waals surface area contributed by atoms with Crippen molar-refractivity contribution in [2.75, 3.05) is 0 Å². The van der Waals surface area contributed by atoms with Crippen LogP contribution in [-0.4, -0.2) is 0 Å². The molecule has 1 aromatic heterocycles. The number of thiophene rings is 1. The molecule has 0 nitrogen and oxygen atoms in total. The van der Waals surface area contributed by atoms with Gasteiger partial charge in [0.15, 0.2) is 0 Å². The van der Waals surface area contributed by atoms with Crippen LogP contribution in [0.5, 0.6) is 0 Å². The Labute approximate surface area is 105 Å². The van der Waals surface area contributed by atoms with Gasteiger partial charge in [-0.25, -0.2) is 0 Å². The standard InChI is InChI=1S/C16H12S/c1-2-5-13-8-9-14(16(13)7-3-1)10-11-15-6-4-12-17-15/h1-12H. The number of fused-ring (bicyclic) bond motifs is 1. The maximum Gasteiger partial charge on any atom is 0.0270 e. The summed E-state index contributed by atoms with van der Waals surface area (Å²) >= 11 is 1.76. The third-order valence-corrected chi connectivity index (χ3v) is 3.63. The summed E-state index contributed by atoms with van der Waals surface area (Å²) in [6.07, 6.45) is 4.36. The van der Waals surface area contributed by atoms with Crippen molar-refractivity contribution in [2.24, 2.45) is 0 Å². The Morgan fingerprint density at radius 2 is 1.71 bits per heavy atom. The molecule has 0 saturated heterocycles. The van der Waals surface area contributed by atoms with Crippen molar-refractivity contribution in [3.63, 3.8) is 0 Å². The lowest BCUT2D eigenvalue weighted by Crippen LogP contribution is -1.70. The minimum absolute atomic E-state index is 1.28. The van der Waals surface area contributed by atoms with Crippen LogP contribution < -0.4 is 0 Å². The van der Waals surface area contributed by atoms with Crippen LogP contribution >= 0.6 is 11.3 Å². The van der Waals surface area contributed by atoms with Crippen LogP contribution in [0.25, 0.3) is 23.3 Å². The van der Waals surface area contributed by atoms with Gasteiger partial charge in [0.1, 0.15) is 0 Å². The first-order valence-corrected chi connectivity index (χ1v) is 6.51. The second-order valence-electron chi connectivity index (χ2n) is 3.92. The van der Waals surface area contributed by atoms with E-state index in [0.717, 1.165) is 0 Å². The van der Waals surface area contributed by atoms with Crippen LogP contribution in [0.1, 0.15) is 10.4 Å². The summed E-state index contributed by atoms with van der Waals surface area (Å²) in [4.78, 5) is 1.29. The third-order valence-electron chi connectivity index (χ3n) is 2.80. The molecule has 0 aliphatic heterocycles. The molecule has 2 aliphatic rings. The fourth-order valence-electron chi connectivity index (χ4n) is 1.94. The summed E-state index contributed by atoms with van der Waals surface area (Å²) in [5, 5.41) is 2.10. The highest BCUT2D eigenvalue weighted by Gasteiger charge is 2.04. The topological polar surface area (TPSA) is 0 Å². The van der Waals surface area contributed by atoms with E-state index in [1.54, 1.807) is 11.3 Å². The van der Waals surface area contributed by atoms with E-state index in [4.69, 9.17) is 0 Å². The maximum atomic E-state index is 2.19. The minimum atomic E-state index is 1.28. The quantitative estimate of drug-likeness (QED) is 0.586. The molecule has 0 bridgehead atoms. The van der Waals surface area contributed by atoms with Gasteiger partial charge in [-0.3, -0.25) is 0 Å². The Bertz CT molecular complexity index is 605. The largest absolute Gasteiger partial charge is 0.144 e. The van der Waals surface area contributed by atoms with Gasteiger partial charge in [0, 0.05) is 4.88 Å². The highest BCUT2D eigenvalue weighted by Crippen LogP contribution is 2.28. The number of hydrogen-bond donors (Lipinski definition) is 0. The fourth-order valence-corrected chi connectivity index (χ4v) is 2.56. The van der Waals surface area contributed by atoms with E-state index in [0.29, 0.717) is 0 Å². The second-order valence-corrected chi connectivity index (χ2v) is 4.90. The van der Waals surface area contributed by atoms with Crippen molar-refractivity contribution in [1.29, 1.82) is 0 Å². The molecule has 1 heterocycles. The van der Waals surface area contributed by atoms with E-state index in [1.807, 2.05) is 0 Å². The zero-order valence-corrected chi connectivity index (χ0v) is 10.2. The molecule has 1 aromatic rings. The SMILES string of the molecule is C(=Cc1ccc2cccccc1-2)c1cccs1. The van der Waals surface area contributed by atoms with Crippen molar-refractivity contribution >= 4 is 23.5 Å². The van der Waals surface area contributed by atoms with Crippen LogP contribution in [0.4, 0.5) is 0 Å². The van der Waals surface area contributed by atoms with Crippen LogP contribution in [-0.2, 0) is 0 Å². The van der Waals surface area contributed by atoms with Gasteiger partial charge < -0.3 is 0 Å². The van der Waals surface area contributed by atoms with Crippen LogP contribution in [0.2, 0.25) is 0 Å². The van der Waals surface area contributed by atoms with Crippen molar-refractivity contribution in [2.45, 2.75) is 0 Å². The van der Waals surface area contributed by atoms with Crippen molar-refractivity contribution < 1.29 is 0 Å². The molecule has 0 atom stereocenters. The molecule has 17 heavy (non-hydrogen) atoms. The Morgan fingerprint density at radius 3 is 2.59 bits per heavy atom. The van der Waals surface area contributed by atoms with Gasteiger partial charge in [0.25, 0.3) is 0 Å². The zero-order valence-electron chi connectivity index (χ0n) is 9.34. The first kappa shape index (κ1) is 10.3. The number of hydrogen-bond acceptors (Lipinski definition) is 1. The molecule has 0 aromatic carbocycles. The zero-order chi connectivity index (χ0) is 11.5. The van der Waals surface area contributed by atoms with Crippen LogP contribution in [0.3, 0.4) is 0 Å². The van der Waals surface area contributed by atoms with Crippen molar-refractivity contribution in [3.05, 3.63) is 70.4 Å². The summed E-state index contributed by atoms with van der Waals surface area (Å²) in [7, 11) is 0. The lowest BCUT2D eigenvalue weighted by atomic mass is 10.1. The van der Waals surface area contributed by atoms with Crippen molar-refractivity contribution in [1.82, 2.24) is 0 Å². The first-order chi connectivity index (χ1) is 8.43. The monoisotopic (exact) mass is 236 g/mol. The molecule has 2 aliphatic carbocycles. The molecular weight excluding hydrogens is 224 g/mol. The van der Waals surface area contributed by atoms with Crippen molar-refractivity contribution in [3.8, 4) is 11.1 Å². The maximum absolute atomic E-state index is 2.19. The molecule has 0 saturated carbocycles. The van der Waals surface area contributed by atoms with Gasteiger partial charge >= 0.3 is 0 Å². The molecule has 1 heteroatoms. The molecule has 0 spiro atoms. The van der Waals surface area contributed by atoms with E-state index in [-0.39, 0.29) is 0 Å². The Balaban J connectivity index is 1.98. The molecule has 0 fully saturated rings. The molecule has 0 unspecified atom stereocenters. The predicted molar refractivity (Wildman–Crippen MR) is 76.3 cm³/mol. The average Bonchev–Trinajstić information content (AvgIpc) is 2.92. The summed E-state index contributed by atoms with van der Waals surface area (Å²) in [6.45, 7) is 0. The predicted octanol–water partition coefficient (Wildman–Crippen LogP) is 5.02. The van der Waals surface area contributed by atoms with E-state index in [1.165, 1.54) is 21.6 Å². The summed E-state index contributed by atoms with van der Waals surface area (Å²) < 4.78 is 0. The van der Waals surface area contributed by atoms with E-state index < -0.39 is 0 Å². The van der Waals surface area contributed by atoms with Gasteiger partial charge in [-0.2, -0.15) is 0 Å². The smallest absolute Gasteiger partial charge is 0.0270 e. The van der Waals surface area contributed by atoms with Gasteiger partial charge in [-0.05, 0) is 34.2 Å². The second kappa shape index (κ2) is 4.56. The van der Waals surface area contributed by atoms with Gasteiger partial charge in [-0.1, -0.05) is 54.6 Å². The highest BCUT2D eigenvalue weighted by molar-refractivity contribution is 7.10. The van der Waals surface area contributed by atoms with Crippen LogP contribution in [0.15, 0.2) is 60.0 Å². The minimum Gasteiger partial charge on any atom is -0.144 e.